The van der Waals surface area contributed by atoms with Crippen molar-refractivity contribution in [3.05, 3.63) is 34.3 Å². The normalized spacial score (nSPS) is 11.8. The summed E-state index contributed by atoms with van der Waals surface area (Å²) >= 11 is 9.61. The van der Waals surface area contributed by atoms with Crippen LogP contribution in [0.2, 0.25) is 0 Å². The minimum atomic E-state index is 0.0663. The first kappa shape index (κ1) is 14.0. The van der Waals surface area contributed by atoms with Gasteiger partial charge >= 0.3 is 0 Å². The molecule has 0 atom stereocenters. The zero-order chi connectivity index (χ0) is 12.0. The molecule has 16 heavy (non-hydrogen) atoms. The van der Waals surface area contributed by atoms with Gasteiger partial charge in [-0.1, -0.05) is 48.0 Å². The average molecular weight is 305 g/mol. The predicted molar refractivity (Wildman–Crippen MR) is 75.0 cm³/mol. The molecule has 0 aromatic heterocycles. The fraction of sp³-hybridized carbons (Fsp3) is 0.538. The van der Waals surface area contributed by atoms with Gasteiger partial charge in [0.15, 0.2) is 0 Å². The van der Waals surface area contributed by atoms with E-state index in [4.69, 9.17) is 11.6 Å². The van der Waals surface area contributed by atoms with Crippen molar-refractivity contribution in [3.63, 3.8) is 0 Å². The molecule has 0 aliphatic heterocycles. The molecule has 1 N–H and O–H groups in total. The Kier molecular flexibility index (Phi) is 5.81. The first-order valence-electron chi connectivity index (χ1n) is 5.72. The summed E-state index contributed by atoms with van der Waals surface area (Å²) in [6.07, 6.45) is 2.11. The van der Waals surface area contributed by atoms with E-state index in [0.29, 0.717) is 5.88 Å². The number of hydrogen-bond donors (Lipinski definition) is 1. The van der Waals surface area contributed by atoms with Gasteiger partial charge in [0, 0.05) is 22.4 Å². The lowest BCUT2D eigenvalue weighted by Gasteiger charge is -2.31. The van der Waals surface area contributed by atoms with E-state index in [1.807, 2.05) is 6.07 Å². The van der Waals surface area contributed by atoms with Crippen LogP contribution in [0, 0.1) is 0 Å². The van der Waals surface area contributed by atoms with Crippen LogP contribution in [0.5, 0.6) is 0 Å². The highest BCUT2D eigenvalue weighted by Gasteiger charge is 2.23. The second-order valence-electron chi connectivity index (χ2n) is 4.07. The Hall–Kier alpha value is -0.0500. The fourth-order valence-corrected chi connectivity index (χ4v) is 2.56. The first-order chi connectivity index (χ1) is 7.67. The molecule has 90 valence electrons. The monoisotopic (exact) mass is 303 g/mol. The van der Waals surface area contributed by atoms with Gasteiger partial charge < -0.3 is 5.32 Å². The maximum atomic E-state index is 6.06. The van der Waals surface area contributed by atoms with Crippen molar-refractivity contribution < 1.29 is 0 Å². The lowest BCUT2D eigenvalue weighted by molar-refractivity contribution is 0.334. The summed E-state index contributed by atoms with van der Waals surface area (Å²) in [5.74, 6) is 0.657. The molecule has 0 saturated carbocycles. The van der Waals surface area contributed by atoms with E-state index in [0.717, 1.165) is 23.9 Å². The zero-order valence-electron chi connectivity index (χ0n) is 9.89. The van der Waals surface area contributed by atoms with Crippen molar-refractivity contribution in [1.82, 2.24) is 5.32 Å². The SMILES string of the molecule is CCC(CC)(CCl)NCc1ccccc1Br. The molecular formula is C13H19BrClN. The molecule has 1 aromatic carbocycles. The molecule has 0 spiro atoms. The topological polar surface area (TPSA) is 12.0 Å². The zero-order valence-corrected chi connectivity index (χ0v) is 12.2. The maximum Gasteiger partial charge on any atom is 0.0405 e. The van der Waals surface area contributed by atoms with Crippen LogP contribution in [0.1, 0.15) is 32.3 Å². The van der Waals surface area contributed by atoms with Gasteiger partial charge in [-0.05, 0) is 24.5 Å². The van der Waals surface area contributed by atoms with E-state index in [9.17, 15) is 0 Å². The minimum Gasteiger partial charge on any atom is -0.306 e. The Morgan fingerprint density at radius 1 is 1.25 bits per heavy atom. The summed E-state index contributed by atoms with van der Waals surface area (Å²) in [6, 6.07) is 8.28. The summed E-state index contributed by atoms with van der Waals surface area (Å²) in [5, 5.41) is 3.58. The molecular weight excluding hydrogens is 286 g/mol. The van der Waals surface area contributed by atoms with Crippen LogP contribution in [-0.2, 0) is 6.54 Å². The molecule has 1 rings (SSSR count). The number of halogens is 2. The largest absolute Gasteiger partial charge is 0.306 e. The smallest absolute Gasteiger partial charge is 0.0405 e. The van der Waals surface area contributed by atoms with Crippen molar-refractivity contribution >= 4 is 27.5 Å². The Morgan fingerprint density at radius 3 is 2.38 bits per heavy atom. The molecule has 1 aromatic rings. The van der Waals surface area contributed by atoms with Gasteiger partial charge in [-0.25, -0.2) is 0 Å². The lowest BCUT2D eigenvalue weighted by atomic mass is 9.95. The number of benzene rings is 1. The van der Waals surface area contributed by atoms with Crippen molar-refractivity contribution in [2.75, 3.05) is 5.88 Å². The van der Waals surface area contributed by atoms with Crippen LogP contribution in [0.4, 0.5) is 0 Å². The quantitative estimate of drug-likeness (QED) is 0.771. The summed E-state index contributed by atoms with van der Waals surface area (Å²) < 4.78 is 1.15. The Bertz CT molecular complexity index is 315. The van der Waals surface area contributed by atoms with Crippen molar-refractivity contribution in [1.29, 1.82) is 0 Å². The van der Waals surface area contributed by atoms with Crippen LogP contribution in [-0.4, -0.2) is 11.4 Å². The second-order valence-corrected chi connectivity index (χ2v) is 5.19. The van der Waals surface area contributed by atoms with Gasteiger partial charge in [-0.15, -0.1) is 11.6 Å². The van der Waals surface area contributed by atoms with Crippen LogP contribution in [0.15, 0.2) is 28.7 Å². The molecule has 0 bridgehead atoms. The molecule has 3 heteroatoms. The van der Waals surface area contributed by atoms with Gasteiger partial charge in [-0.3, -0.25) is 0 Å². The maximum absolute atomic E-state index is 6.06. The number of alkyl halides is 1. The Morgan fingerprint density at radius 2 is 1.88 bits per heavy atom. The standard InChI is InChI=1S/C13H19BrClN/c1-3-13(4-2,10-15)16-9-11-7-5-6-8-12(11)14/h5-8,16H,3-4,9-10H2,1-2H3. The number of hydrogen-bond acceptors (Lipinski definition) is 1. The molecule has 0 amide bonds. The third-order valence-corrected chi connectivity index (χ3v) is 4.51. The molecule has 0 fully saturated rings. The van der Waals surface area contributed by atoms with Crippen LogP contribution in [0.25, 0.3) is 0 Å². The molecule has 0 heterocycles. The average Bonchev–Trinajstić information content (AvgIpc) is 2.34. The number of nitrogens with one attached hydrogen (secondary N) is 1. The Labute approximate surface area is 112 Å². The molecule has 0 aliphatic carbocycles. The first-order valence-corrected chi connectivity index (χ1v) is 7.04. The second kappa shape index (κ2) is 6.63. The summed E-state index contributed by atoms with van der Waals surface area (Å²) in [5.41, 5.74) is 1.34. The lowest BCUT2D eigenvalue weighted by Crippen LogP contribution is -2.45. The fourth-order valence-electron chi connectivity index (χ4n) is 1.66. The van der Waals surface area contributed by atoms with Gasteiger partial charge in [0.1, 0.15) is 0 Å². The Balaban J connectivity index is 2.66. The summed E-state index contributed by atoms with van der Waals surface area (Å²) in [7, 11) is 0. The van der Waals surface area contributed by atoms with Gasteiger partial charge in [0.2, 0.25) is 0 Å². The van der Waals surface area contributed by atoms with E-state index in [1.54, 1.807) is 0 Å². The van der Waals surface area contributed by atoms with Gasteiger partial charge in [0.05, 0.1) is 0 Å². The predicted octanol–water partition coefficient (Wildman–Crippen LogP) is 4.34. The molecule has 1 nitrogen and oxygen atoms in total. The van der Waals surface area contributed by atoms with Crippen molar-refractivity contribution in [2.45, 2.75) is 38.8 Å². The highest BCUT2D eigenvalue weighted by molar-refractivity contribution is 9.10. The summed E-state index contributed by atoms with van der Waals surface area (Å²) in [4.78, 5) is 0. The third kappa shape index (κ3) is 3.47. The molecule has 0 aliphatic rings. The van der Waals surface area contributed by atoms with Gasteiger partial charge in [-0.2, -0.15) is 0 Å². The van der Waals surface area contributed by atoms with E-state index in [1.165, 1.54) is 5.56 Å². The molecule has 0 unspecified atom stereocenters. The summed E-state index contributed by atoms with van der Waals surface area (Å²) in [6.45, 7) is 5.22. The van der Waals surface area contributed by atoms with E-state index >= 15 is 0 Å². The molecule has 0 saturated heterocycles. The molecule has 0 radical (unpaired) electrons. The minimum absolute atomic E-state index is 0.0663. The number of rotatable bonds is 6. The van der Waals surface area contributed by atoms with Gasteiger partial charge in [0.25, 0.3) is 0 Å². The van der Waals surface area contributed by atoms with Crippen LogP contribution < -0.4 is 5.32 Å². The third-order valence-electron chi connectivity index (χ3n) is 3.22. The van der Waals surface area contributed by atoms with Crippen molar-refractivity contribution in [3.8, 4) is 0 Å². The van der Waals surface area contributed by atoms with Crippen LogP contribution in [0.3, 0.4) is 0 Å². The van der Waals surface area contributed by atoms with E-state index in [2.05, 4.69) is 53.3 Å². The van der Waals surface area contributed by atoms with E-state index in [-0.39, 0.29) is 5.54 Å². The van der Waals surface area contributed by atoms with Crippen LogP contribution >= 0.6 is 27.5 Å². The highest BCUT2D eigenvalue weighted by Crippen LogP contribution is 2.20. The highest BCUT2D eigenvalue weighted by atomic mass is 79.9. The van der Waals surface area contributed by atoms with E-state index < -0.39 is 0 Å². The van der Waals surface area contributed by atoms with Crippen molar-refractivity contribution in [2.24, 2.45) is 0 Å².